The van der Waals surface area contributed by atoms with E-state index in [0.29, 0.717) is 0 Å². The molecule has 0 nitrogen and oxygen atoms in total. The smallest absolute Gasteiger partial charge is 0.00988 e. The molecule has 0 fully saturated rings. The van der Waals surface area contributed by atoms with Gasteiger partial charge in [-0.25, -0.2) is 0 Å². The van der Waals surface area contributed by atoms with Crippen LogP contribution in [0, 0.1) is 6.92 Å². The third-order valence-electron chi connectivity index (χ3n) is 7.50. The van der Waals surface area contributed by atoms with Crippen LogP contribution < -0.4 is 0 Å². The summed E-state index contributed by atoms with van der Waals surface area (Å²) in [6, 6.07) is 51.1. The van der Waals surface area contributed by atoms with Crippen molar-refractivity contribution < 1.29 is 0 Å². The maximum absolute atomic E-state index is 2.35. The zero-order chi connectivity index (χ0) is 24.8. The second-order valence-corrected chi connectivity index (χ2v) is 9.91. The first-order chi connectivity index (χ1) is 18.2. The van der Waals surface area contributed by atoms with Crippen LogP contribution in [0.25, 0.3) is 65.7 Å². The lowest BCUT2D eigenvalue weighted by Gasteiger charge is -2.14. The topological polar surface area (TPSA) is 0 Å². The zero-order valence-electron chi connectivity index (χ0n) is 20.8. The van der Waals surface area contributed by atoms with Crippen molar-refractivity contribution in [1.82, 2.24) is 0 Å². The van der Waals surface area contributed by atoms with Crippen molar-refractivity contribution in [2.24, 2.45) is 0 Å². The molecule has 7 aromatic rings. The Labute approximate surface area is 217 Å². The molecule has 0 aromatic heterocycles. The van der Waals surface area contributed by atoms with Crippen molar-refractivity contribution in [3.05, 3.63) is 145 Å². The minimum atomic E-state index is 1.24. The lowest BCUT2D eigenvalue weighted by Crippen LogP contribution is -1.88. The molecule has 0 aliphatic heterocycles. The van der Waals surface area contributed by atoms with Gasteiger partial charge in [0.2, 0.25) is 0 Å². The monoisotopic (exact) mass is 470 g/mol. The summed E-state index contributed by atoms with van der Waals surface area (Å²) in [5.41, 5.74) is 8.81. The molecule has 0 radical (unpaired) electrons. The molecule has 0 saturated carbocycles. The fraction of sp³-hybridized carbons (Fsp3) is 0.0270. The first kappa shape index (κ1) is 21.6. The summed E-state index contributed by atoms with van der Waals surface area (Å²) in [7, 11) is 0. The lowest BCUT2D eigenvalue weighted by molar-refractivity contribution is 1.47. The highest BCUT2D eigenvalue weighted by Gasteiger charge is 2.11. The lowest BCUT2D eigenvalue weighted by atomic mass is 9.90. The quantitative estimate of drug-likeness (QED) is 0.225. The van der Waals surface area contributed by atoms with E-state index in [0.717, 1.165) is 0 Å². The summed E-state index contributed by atoms with van der Waals surface area (Å²) < 4.78 is 0. The predicted molar refractivity (Wildman–Crippen MR) is 160 cm³/mol. The SMILES string of the molecule is Cc1ccc(-c2ccc3c(ccc4cc(-c5cc6ccccc6cc5-c5ccccc5)ccc43)c2)cc1. The molecule has 174 valence electrons. The van der Waals surface area contributed by atoms with E-state index in [1.165, 1.54) is 71.3 Å². The van der Waals surface area contributed by atoms with Crippen molar-refractivity contribution in [1.29, 1.82) is 0 Å². The second kappa shape index (κ2) is 8.76. The molecule has 0 bridgehead atoms. The molecule has 0 heterocycles. The van der Waals surface area contributed by atoms with Crippen LogP contribution in [0.4, 0.5) is 0 Å². The largest absolute Gasteiger partial charge is 0.0622 e. The molecule has 7 rings (SSSR count). The van der Waals surface area contributed by atoms with Crippen LogP contribution in [0.1, 0.15) is 5.56 Å². The van der Waals surface area contributed by atoms with Crippen molar-refractivity contribution in [2.45, 2.75) is 6.92 Å². The molecule has 0 atom stereocenters. The van der Waals surface area contributed by atoms with Gasteiger partial charge in [0.05, 0.1) is 0 Å². The van der Waals surface area contributed by atoms with Gasteiger partial charge in [-0.15, -0.1) is 0 Å². The maximum atomic E-state index is 2.35. The Kier molecular flexibility index (Phi) is 5.11. The molecule has 0 amide bonds. The molecule has 0 aliphatic rings. The highest BCUT2D eigenvalue weighted by molar-refractivity contribution is 6.10. The van der Waals surface area contributed by atoms with Gasteiger partial charge in [0.15, 0.2) is 0 Å². The molecular weight excluding hydrogens is 444 g/mol. The molecule has 0 aliphatic carbocycles. The van der Waals surface area contributed by atoms with Gasteiger partial charge in [-0.2, -0.15) is 0 Å². The van der Waals surface area contributed by atoms with E-state index in [9.17, 15) is 0 Å². The first-order valence-corrected chi connectivity index (χ1v) is 12.9. The van der Waals surface area contributed by atoms with Gasteiger partial charge in [0, 0.05) is 0 Å². The van der Waals surface area contributed by atoms with Gasteiger partial charge in [-0.1, -0.05) is 121 Å². The van der Waals surface area contributed by atoms with Crippen molar-refractivity contribution >= 4 is 32.3 Å². The summed E-state index contributed by atoms with van der Waals surface area (Å²) in [6.45, 7) is 2.13. The number of aryl methyl sites for hydroxylation is 1. The van der Waals surface area contributed by atoms with E-state index >= 15 is 0 Å². The Morgan fingerprint density at radius 3 is 1.49 bits per heavy atom. The van der Waals surface area contributed by atoms with Crippen LogP contribution in [0.5, 0.6) is 0 Å². The van der Waals surface area contributed by atoms with Gasteiger partial charge < -0.3 is 0 Å². The second-order valence-electron chi connectivity index (χ2n) is 9.91. The van der Waals surface area contributed by atoms with E-state index in [1.54, 1.807) is 0 Å². The summed E-state index contributed by atoms with van der Waals surface area (Å²) in [5.74, 6) is 0. The minimum Gasteiger partial charge on any atom is -0.0622 e. The van der Waals surface area contributed by atoms with Crippen molar-refractivity contribution in [3.8, 4) is 33.4 Å². The van der Waals surface area contributed by atoms with Crippen LogP contribution >= 0.6 is 0 Å². The highest BCUT2D eigenvalue weighted by atomic mass is 14.2. The van der Waals surface area contributed by atoms with Crippen molar-refractivity contribution in [3.63, 3.8) is 0 Å². The van der Waals surface area contributed by atoms with E-state index in [2.05, 4.69) is 146 Å². The normalized spacial score (nSPS) is 11.4. The first-order valence-electron chi connectivity index (χ1n) is 12.9. The third kappa shape index (κ3) is 3.88. The van der Waals surface area contributed by atoms with E-state index in [-0.39, 0.29) is 0 Å². The Hall–Kier alpha value is -4.68. The van der Waals surface area contributed by atoms with Gasteiger partial charge in [0.1, 0.15) is 0 Å². The van der Waals surface area contributed by atoms with Gasteiger partial charge in [0.25, 0.3) is 0 Å². The Morgan fingerprint density at radius 2 is 0.838 bits per heavy atom. The van der Waals surface area contributed by atoms with Gasteiger partial charge in [-0.05, 0) is 96.9 Å². The molecule has 0 N–H and O–H groups in total. The number of hydrogen-bond donors (Lipinski definition) is 0. The molecule has 7 aromatic carbocycles. The number of rotatable bonds is 3. The Balaban J connectivity index is 1.38. The summed E-state index contributed by atoms with van der Waals surface area (Å²) in [6.07, 6.45) is 0. The summed E-state index contributed by atoms with van der Waals surface area (Å²) in [5, 5.41) is 7.65. The highest BCUT2D eigenvalue weighted by Crippen LogP contribution is 2.38. The molecule has 0 unspecified atom stereocenters. The number of hydrogen-bond acceptors (Lipinski definition) is 0. The third-order valence-corrected chi connectivity index (χ3v) is 7.50. The van der Waals surface area contributed by atoms with E-state index < -0.39 is 0 Å². The van der Waals surface area contributed by atoms with Crippen LogP contribution in [0.3, 0.4) is 0 Å². The fourth-order valence-corrected chi connectivity index (χ4v) is 5.50. The van der Waals surface area contributed by atoms with Crippen LogP contribution in [0.2, 0.25) is 0 Å². The molecule has 0 spiro atoms. The van der Waals surface area contributed by atoms with Gasteiger partial charge in [-0.3, -0.25) is 0 Å². The molecule has 37 heavy (non-hydrogen) atoms. The summed E-state index contributed by atoms with van der Waals surface area (Å²) in [4.78, 5) is 0. The Bertz CT molecular complexity index is 1910. The predicted octanol–water partition coefficient (Wildman–Crippen LogP) is 10.5. The fourth-order valence-electron chi connectivity index (χ4n) is 5.50. The van der Waals surface area contributed by atoms with Crippen LogP contribution in [-0.2, 0) is 0 Å². The average molecular weight is 471 g/mol. The Morgan fingerprint density at radius 1 is 0.324 bits per heavy atom. The maximum Gasteiger partial charge on any atom is -0.00988 e. The van der Waals surface area contributed by atoms with Crippen molar-refractivity contribution in [2.75, 3.05) is 0 Å². The molecular formula is C37H26. The van der Waals surface area contributed by atoms with Gasteiger partial charge >= 0.3 is 0 Å². The van der Waals surface area contributed by atoms with Crippen LogP contribution in [-0.4, -0.2) is 0 Å². The summed E-state index contributed by atoms with van der Waals surface area (Å²) >= 11 is 0. The molecule has 0 heteroatoms. The van der Waals surface area contributed by atoms with Crippen LogP contribution in [0.15, 0.2) is 140 Å². The standard InChI is InChI=1S/C37H26/c1-25-11-13-26(14-12-25)30-17-19-34-31(21-30)15-16-32-22-33(18-20-35(32)34)37-24-29-10-6-5-9-28(29)23-36(37)27-7-3-2-4-8-27/h2-24H,1H3. The average Bonchev–Trinajstić information content (AvgIpc) is 2.96. The minimum absolute atomic E-state index is 1.24. The van der Waals surface area contributed by atoms with E-state index in [4.69, 9.17) is 0 Å². The number of fused-ring (bicyclic) bond motifs is 4. The number of benzene rings is 7. The van der Waals surface area contributed by atoms with E-state index in [1.807, 2.05) is 0 Å². The molecule has 0 saturated heterocycles. The zero-order valence-corrected chi connectivity index (χ0v) is 20.8.